The number of amides is 3. The second-order valence-electron chi connectivity index (χ2n) is 8.30. The highest BCUT2D eigenvalue weighted by atomic mass is 32.2. The molecule has 208 valence electrons. The van der Waals surface area contributed by atoms with E-state index < -0.39 is 54.0 Å². The zero-order chi connectivity index (χ0) is 28.0. The number of carbonyl (C=O) groups excluding carboxylic acids is 3. The molecular formula is C21H37N9O6S. The van der Waals surface area contributed by atoms with E-state index in [9.17, 15) is 29.4 Å². The number of carboxylic acids is 1. The van der Waals surface area contributed by atoms with Crippen molar-refractivity contribution in [2.45, 2.75) is 62.9 Å². The lowest BCUT2D eigenvalue weighted by Crippen LogP contribution is -2.58. The lowest BCUT2D eigenvalue weighted by Gasteiger charge is -2.25. The smallest absolute Gasteiger partial charge is 0.326 e. The maximum atomic E-state index is 13.1. The molecule has 5 unspecified atom stereocenters. The number of nitrogens with two attached hydrogens (primary N) is 3. The summed E-state index contributed by atoms with van der Waals surface area (Å²) >= 11 is 1.45. The normalized spacial score (nSPS) is 14.9. The monoisotopic (exact) mass is 543 g/mol. The SMILES string of the molecule is CSCCC(NC(=O)C(N)C(C)O)C(=O)NC(Cc1cnc[nH]1)C(=O)NC(CCCN=C(N)N)C(=O)O. The van der Waals surface area contributed by atoms with Crippen molar-refractivity contribution in [1.82, 2.24) is 25.9 Å². The summed E-state index contributed by atoms with van der Waals surface area (Å²) in [5, 5.41) is 26.7. The Labute approximate surface area is 218 Å². The molecule has 0 saturated carbocycles. The van der Waals surface area contributed by atoms with Gasteiger partial charge in [-0.3, -0.25) is 19.4 Å². The number of thioether (sulfide) groups is 1. The van der Waals surface area contributed by atoms with E-state index in [1.807, 2.05) is 6.26 Å². The van der Waals surface area contributed by atoms with E-state index in [0.29, 0.717) is 17.9 Å². The average molecular weight is 544 g/mol. The van der Waals surface area contributed by atoms with E-state index in [4.69, 9.17) is 17.2 Å². The van der Waals surface area contributed by atoms with Gasteiger partial charge in [0.25, 0.3) is 0 Å². The van der Waals surface area contributed by atoms with Gasteiger partial charge in [-0.2, -0.15) is 11.8 Å². The molecule has 0 aliphatic rings. The maximum absolute atomic E-state index is 13.1. The van der Waals surface area contributed by atoms with Crippen LogP contribution in [0.2, 0.25) is 0 Å². The van der Waals surface area contributed by atoms with Gasteiger partial charge in [0, 0.05) is 24.9 Å². The Balaban J connectivity index is 3.02. The van der Waals surface area contributed by atoms with Gasteiger partial charge in [-0.05, 0) is 38.2 Å². The topological polar surface area (TPSA) is 264 Å². The van der Waals surface area contributed by atoms with Gasteiger partial charge < -0.3 is 48.3 Å². The Bertz CT molecular complexity index is 908. The number of hydrogen-bond donors (Lipinski definition) is 9. The van der Waals surface area contributed by atoms with Crippen LogP contribution in [0.3, 0.4) is 0 Å². The van der Waals surface area contributed by atoms with Gasteiger partial charge in [0.2, 0.25) is 17.7 Å². The first-order valence-electron chi connectivity index (χ1n) is 11.5. The fraction of sp³-hybridized carbons (Fsp3) is 0.619. The summed E-state index contributed by atoms with van der Waals surface area (Å²) in [5.74, 6) is -3.01. The van der Waals surface area contributed by atoms with Crippen molar-refractivity contribution in [2.24, 2.45) is 22.2 Å². The Morgan fingerprint density at radius 3 is 2.24 bits per heavy atom. The molecule has 16 heteroatoms. The molecule has 1 rings (SSSR count). The van der Waals surface area contributed by atoms with Crippen molar-refractivity contribution in [3.8, 4) is 0 Å². The fourth-order valence-electron chi connectivity index (χ4n) is 3.12. The predicted octanol–water partition coefficient (Wildman–Crippen LogP) is -2.99. The van der Waals surface area contributed by atoms with Gasteiger partial charge in [-0.1, -0.05) is 0 Å². The summed E-state index contributed by atoms with van der Waals surface area (Å²) in [6.07, 6.45) is 4.10. The minimum absolute atomic E-state index is 0.0195. The summed E-state index contributed by atoms with van der Waals surface area (Å²) in [7, 11) is 0. The van der Waals surface area contributed by atoms with E-state index in [0.717, 1.165) is 0 Å². The average Bonchev–Trinajstić information content (AvgIpc) is 3.35. The van der Waals surface area contributed by atoms with Crippen LogP contribution in [0.25, 0.3) is 0 Å². The summed E-state index contributed by atoms with van der Waals surface area (Å²) in [4.78, 5) is 60.8. The minimum atomic E-state index is -1.26. The van der Waals surface area contributed by atoms with E-state index >= 15 is 0 Å². The number of aliphatic imine (C=N–C) groups is 1. The Hall–Kier alpha value is -3.37. The molecule has 15 nitrogen and oxygen atoms in total. The zero-order valence-electron chi connectivity index (χ0n) is 20.8. The van der Waals surface area contributed by atoms with Crippen LogP contribution in [0, 0.1) is 0 Å². The summed E-state index contributed by atoms with van der Waals surface area (Å²) in [6.45, 7) is 1.53. The summed E-state index contributed by atoms with van der Waals surface area (Å²) in [5.41, 5.74) is 16.7. The van der Waals surface area contributed by atoms with Crippen LogP contribution < -0.4 is 33.2 Å². The van der Waals surface area contributed by atoms with Crippen molar-refractivity contribution >= 4 is 41.4 Å². The number of H-pyrrole nitrogens is 1. The number of carbonyl (C=O) groups is 4. The molecule has 5 atom stereocenters. The van der Waals surface area contributed by atoms with Crippen LogP contribution in [0.5, 0.6) is 0 Å². The third-order valence-corrected chi connectivity index (χ3v) is 5.88. The van der Waals surface area contributed by atoms with Crippen LogP contribution in [-0.2, 0) is 25.6 Å². The van der Waals surface area contributed by atoms with E-state index in [1.54, 1.807) is 0 Å². The standard InChI is InChI=1S/C21H37N9O6S/c1-11(31)16(22)19(34)28-13(5-7-37-2)17(32)30-15(8-12-9-25-10-27-12)18(33)29-14(20(35)36)4-3-6-26-21(23)24/h9-11,13-16,31H,3-8,22H2,1-2H3,(H,25,27)(H,28,34)(H,29,33)(H,30,32)(H,35,36)(H4,23,24,26). The van der Waals surface area contributed by atoms with Gasteiger partial charge in [0.05, 0.1) is 12.4 Å². The number of nitrogens with one attached hydrogen (secondary N) is 4. The van der Waals surface area contributed by atoms with Crippen molar-refractivity contribution in [2.75, 3.05) is 18.6 Å². The Morgan fingerprint density at radius 2 is 1.70 bits per heavy atom. The highest BCUT2D eigenvalue weighted by molar-refractivity contribution is 7.98. The number of aromatic nitrogens is 2. The Kier molecular flexibility index (Phi) is 14.0. The lowest BCUT2D eigenvalue weighted by atomic mass is 10.1. The molecule has 0 aromatic carbocycles. The number of imidazole rings is 1. The number of guanidine groups is 1. The molecule has 0 aliphatic carbocycles. The fourth-order valence-corrected chi connectivity index (χ4v) is 3.59. The number of rotatable bonds is 17. The van der Waals surface area contributed by atoms with Gasteiger partial charge in [-0.25, -0.2) is 9.78 Å². The number of hydrogen-bond acceptors (Lipinski definition) is 9. The maximum Gasteiger partial charge on any atom is 0.326 e. The molecule has 0 saturated heterocycles. The summed E-state index contributed by atoms with van der Waals surface area (Å²) in [6, 6.07) is -4.73. The van der Waals surface area contributed by atoms with Gasteiger partial charge >= 0.3 is 5.97 Å². The highest BCUT2D eigenvalue weighted by Crippen LogP contribution is 2.06. The molecule has 0 bridgehead atoms. The van der Waals surface area contributed by atoms with Crippen LogP contribution in [0.1, 0.15) is 31.9 Å². The third-order valence-electron chi connectivity index (χ3n) is 5.24. The van der Waals surface area contributed by atoms with Crippen molar-refractivity contribution in [1.29, 1.82) is 0 Å². The molecule has 1 aromatic heterocycles. The molecule has 12 N–H and O–H groups in total. The second kappa shape index (κ2) is 16.4. The first-order chi connectivity index (χ1) is 17.5. The van der Waals surface area contributed by atoms with Crippen molar-refractivity contribution in [3.63, 3.8) is 0 Å². The number of aromatic amines is 1. The first-order valence-corrected chi connectivity index (χ1v) is 12.9. The van der Waals surface area contributed by atoms with Gasteiger partial charge in [-0.15, -0.1) is 0 Å². The molecule has 0 radical (unpaired) electrons. The molecule has 37 heavy (non-hydrogen) atoms. The molecule has 1 heterocycles. The number of aliphatic hydroxyl groups is 1. The third kappa shape index (κ3) is 11.9. The second-order valence-corrected chi connectivity index (χ2v) is 9.29. The van der Waals surface area contributed by atoms with E-state index in [-0.39, 0.29) is 31.8 Å². The number of aliphatic carboxylic acids is 1. The minimum Gasteiger partial charge on any atom is -0.480 e. The first kappa shape index (κ1) is 31.7. The highest BCUT2D eigenvalue weighted by Gasteiger charge is 2.31. The largest absolute Gasteiger partial charge is 0.480 e. The van der Waals surface area contributed by atoms with Crippen molar-refractivity contribution in [3.05, 3.63) is 18.2 Å². The number of aliphatic hydroxyl groups excluding tert-OH is 1. The quantitative estimate of drug-likeness (QED) is 0.0543. The molecule has 0 fully saturated rings. The van der Waals surface area contributed by atoms with E-state index in [1.165, 1.54) is 31.2 Å². The van der Waals surface area contributed by atoms with Crippen LogP contribution in [0.15, 0.2) is 17.5 Å². The molecular weight excluding hydrogens is 506 g/mol. The number of carboxylic acid groups (broad SMARTS) is 1. The van der Waals surface area contributed by atoms with Crippen molar-refractivity contribution < 1.29 is 29.4 Å². The van der Waals surface area contributed by atoms with Crippen LogP contribution in [-0.4, -0.2) is 98.7 Å². The summed E-state index contributed by atoms with van der Waals surface area (Å²) < 4.78 is 0. The number of nitrogens with zero attached hydrogens (tertiary/aromatic N) is 2. The molecule has 0 aliphatic heterocycles. The van der Waals surface area contributed by atoms with Gasteiger partial charge in [0.1, 0.15) is 24.2 Å². The predicted molar refractivity (Wildman–Crippen MR) is 138 cm³/mol. The molecule has 0 spiro atoms. The zero-order valence-corrected chi connectivity index (χ0v) is 21.7. The van der Waals surface area contributed by atoms with Gasteiger partial charge in [0.15, 0.2) is 5.96 Å². The lowest BCUT2D eigenvalue weighted by molar-refractivity contribution is -0.142. The molecule has 1 aromatic rings. The van der Waals surface area contributed by atoms with Crippen LogP contribution >= 0.6 is 11.8 Å². The van der Waals surface area contributed by atoms with E-state index in [2.05, 4.69) is 30.9 Å². The Morgan fingerprint density at radius 1 is 1.08 bits per heavy atom. The molecule has 3 amide bonds. The van der Waals surface area contributed by atoms with Crippen LogP contribution in [0.4, 0.5) is 0 Å².